The van der Waals surface area contributed by atoms with Gasteiger partial charge in [0.2, 0.25) is 0 Å². The molecule has 0 aliphatic rings. The second-order valence-electron chi connectivity index (χ2n) is 6.18. The van der Waals surface area contributed by atoms with Crippen LogP contribution in [0.5, 0.6) is 0 Å². The number of carbonyl (C=O) groups is 1. The topological polar surface area (TPSA) is 72.5 Å². The number of esters is 1. The minimum atomic E-state index is -3.82. The second-order valence-corrected chi connectivity index (χ2v) is 8.30. The Morgan fingerprint density at radius 3 is 2.59 bits per heavy atom. The highest BCUT2D eigenvalue weighted by Crippen LogP contribution is 2.25. The number of benzene rings is 3. The monoisotopic (exact) mass is 427 g/mol. The summed E-state index contributed by atoms with van der Waals surface area (Å²) in [4.78, 5) is 11.3. The van der Waals surface area contributed by atoms with Crippen LogP contribution in [-0.4, -0.2) is 21.5 Å². The van der Waals surface area contributed by atoms with Gasteiger partial charge in [-0.25, -0.2) is 8.42 Å². The highest BCUT2D eigenvalue weighted by molar-refractivity contribution is 7.92. The normalized spacial score (nSPS) is 10.8. The van der Waals surface area contributed by atoms with Crippen molar-refractivity contribution in [1.29, 1.82) is 0 Å². The molecule has 0 amide bonds. The molecule has 0 saturated heterocycles. The predicted octanol–water partition coefficient (Wildman–Crippen LogP) is 4.60. The summed E-state index contributed by atoms with van der Waals surface area (Å²) in [6.07, 6.45) is 0.443. The van der Waals surface area contributed by atoms with Crippen molar-refractivity contribution in [3.8, 4) is 11.8 Å². The summed E-state index contributed by atoms with van der Waals surface area (Å²) in [5.74, 6) is 5.35. The predicted molar refractivity (Wildman–Crippen MR) is 114 cm³/mol. The lowest BCUT2D eigenvalue weighted by Gasteiger charge is -2.11. The number of fused-ring (bicyclic) bond motifs is 1. The quantitative estimate of drug-likeness (QED) is 0.477. The zero-order valence-corrected chi connectivity index (χ0v) is 17.2. The summed E-state index contributed by atoms with van der Waals surface area (Å²) >= 11 is 6.04. The molecule has 0 aliphatic carbocycles. The maximum absolute atomic E-state index is 12.9. The molecule has 0 aliphatic heterocycles. The molecule has 0 radical (unpaired) electrons. The van der Waals surface area contributed by atoms with E-state index in [9.17, 15) is 13.2 Å². The van der Waals surface area contributed by atoms with Gasteiger partial charge < -0.3 is 4.74 Å². The van der Waals surface area contributed by atoms with Crippen molar-refractivity contribution in [3.63, 3.8) is 0 Å². The van der Waals surface area contributed by atoms with Crippen LogP contribution < -0.4 is 4.72 Å². The van der Waals surface area contributed by atoms with Gasteiger partial charge in [-0.3, -0.25) is 9.52 Å². The molecule has 0 bridgehead atoms. The molecule has 29 heavy (non-hydrogen) atoms. The number of nitrogens with one attached hydrogen (secondary N) is 1. The van der Waals surface area contributed by atoms with Crippen LogP contribution in [0.25, 0.3) is 10.8 Å². The molecule has 0 unspecified atom stereocenters. The SMILES string of the molecule is COC(=O)CCC#Cc1cc(Cl)ccc1NS(=O)(=O)c1ccc2ccccc2c1. The number of ether oxygens (including phenoxy) is 1. The maximum Gasteiger partial charge on any atom is 0.306 e. The first-order valence-corrected chi connectivity index (χ1v) is 10.6. The van der Waals surface area contributed by atoms with E-state index in [1.165, 1.54) is 7.11 Å². The summed E-state index contributed by atoms with van der Waals surface area (Å²) in [5, 5.41) is 2.21. The van der Waals surface area contributed by atoms with Crippen molar-refractivity contribution in [3.05, 3.63) is 71.2 Å². The van der Waals surface area contributed by atoms with Gasteiger partial charge in [0.15, 0.2) is 0 Å². The van der Waals surface area contributed by atoms with Gasteiger partial charge in [-0.15, -0.1) is 0 Å². The van der Waals surface area contributed by atoms with Crippen molar-refractivity contribution in [2.75, 3.05) is 11.8 Å². The molecule has 0 aromatic heterocycles. The van der Waals surface area contributed by atoms with E-state index in [4.69, 9.17) is 11.6 Å². The van der Waals surface area contributed by atoms with Gasteiger partial charge in [0.05, 0.1) is 29.7 Å². The molecule has 3 aromatic carbocycles. The van der Waals surface area contributed by atoms with Gasteiger partial charge in [-0.05, 0) is 41.1 Å². The molecule has 5 nitrogen and oxygen atoms in total. The number of methoxy groups -OCH3 is 1. The van der Waals surface area contributed by atoms with Crippen LogP contribution >= 0.6 is 11.6 Å². The largest absolute Gasteiger partial charge is 0.469 e. The minimum Gasteiger partial charge on any atom is -0.469 e. The van der Waals surface area contributed by atoms with Crippen molar-refractivity contribution >= 4 is 44.1 Å². The molecule has 7 heteroatoms. The summed E-state index contributed by atoms with van der Waals surface area (Å²) in [7, 11) is -2.51. The van der Waals surface area contributed by atoms with Crippen LogP contribution in [0.3, 0.4) is 0 Å². The summed E-state index contributed by atoms with van der Waals surface area (Å²) in [6.45, 7) is 0. The van der Waals surface area contributed by atoms with E-state index in [2.05, 4.69) is 21.3 Å². The summed E-state index contributed by atoms with van der Waals surface area (Å²) in [5.41, 5.74) is 0.736. The zero-order chi connectivity index (χ0) is 20.9. The fraction of sp³-hybridized carbons (Fsp3) is 0.136. The number of rotatable bonds is 5. The average molecular weight is 428 g/mol. The number of anilines is 1. The number of halogens is 1. The Balaban J connectivity index is 1.88. The van der Waals surface area contributed by atoms with Gasteiger partial charge in [-0.1, -0.05) is 53.8 Å². The fourth-order valence-electron chi connectivity index (χ4n) is 2.67. The second kappa shape index (κ2) is 8.99. The highest BCUT2D eigenvalue weighted by atomic mass is 35.5. The third-order valence-corrected chi connectivity index (χ3v) is 5.76. The van der Waals surface area contributed by atoms with Gasteiger partial charge >= 0.3 is 5.97 Å². The zero-order valence-electron chi connectivity index (χ0n) is 15.6. The van der Waals surface area contributed by atoms with E-state index < -0.39 is 10.0 Å². The van der Waals surface area contributed by atoms with Gasteiger partial charge in [0.25, 0.3) is 10.0 Å². The summed E-state index contributed by atoms with van der Waals surface area (Å²) < 4.78 is 32.9. The van der Waals surface area contributed by atoms with E-state index in [1.54, 1.807) is 36.4 Å². The fourth-order valence-corrected chi connectivity index (χ4v) is 3.96. The molecule has 3 rings (SSSR count). The van der Waals surface area contributed by atoms with Gasteiger partial charge in [0.1, 0.15) is 0 Å². The number of carbonyl (C=O) groups excluding carboxylic acids is 1. The van der Waals surface area contributed by atoms with Gasteiger partial charge in [0, 0.05) is 11.4 Å². The van der Waals surface area contributed by atoms with Gasteiger partial charge in [-0.2, -0.15) is 0 Å². The third kappa shape index (κ3) is 5.29. The average Bonchev–Trinajstić information content (AvgIpc) is 2.72. The molecule has 1 N–H and O–H groups in total. The summed E-state index contributed by atoms with van der Waals surface area (Å²) in [6, 6.07) is 17.2. The standard InChI is InChI=1S/C22H18ClNO4S/c1-28-22(25)9-5-4-8-18-14-19(23)11-13-21(18)24-29(26,27)20-12-10-16-6-2-3-7-17(16)15-20/h2-3,6-7,10-15,24H,5,9H2,1H3. The first-order valence-electron chi connectivity index (χ1n) is 8.76. The van der Waals surface area contributed by atoms with E-state index in [1.807, 2.05) is 24.3 Å². The van der Waals surface area contributed by atoms with Crippen LogP contribution in [0, 0.1) is 11.8 Å². The first-order chi connectivity index (χ1) is 13.9. The van der Waals surface area contributed by atoms with Crippen LogP contribution in [0.15, 0.2) is 65.6 Å². The molecule has 148 valence electrons. The molecular formula is C22H18ClNO4S. The Kier molecular flexibility index (Phi) is 6.42. The van der Waals surface area contributed by atoms with Crippen LogP contribution in [0.4, 0.5) is 5.69 Å². The van der Waals surface area contributed by atoms with Crippen LogP contribution in [0.1, 0.15) is 18.4 Å². The highest BCUT2D eigenvalue weighted by Gasteiger charge is 2.16. The lowest BCUT2D eigenvalue weighted by Crippen LogP contribution is -2.13. The van der Waals surface area contributed by atoms with E-state index in [0.29, 0.717) is 16.3 Å². The van der Waals surface area contributed by atoms with Crippen LogP contribution in [0.2, 0.25) is 5.02 Å². The Morgan fingerprint density at radius 2 is 1.83 bits per heavy atom. The lowest BCUT2D eigenvalue weighted by molar-refractivity contribution is -0.140. The molecule has 0 atom stereocenters. The van der Waals surface area contributed by atoms with E-state index >= 15 is 0 Å². The molecule has 3 aromatic rings. The first kappa shape index (κ1) is 20.7. The van der Waals surface area contributed by atoms with Crippen molar-refractivity contribution < 1.29 is 17.9 Å². The molecule has 0 fully saturated rings. The number of hydrogen-bond donors (Lipinski definition) is 1. The minimum absolute atomic E-state index is 0.149. The van der Waals surface area contributed by atoms with Crippen molar-refractivity contribution in [2.45, 2.75) is 17.7 Å². The smallest absolute Gasteiger partial charge is 0.306 e. The third-order valence-electron chi connectivity index (χ3n) is 4.16. The van der Waals surface area contributed by atoms with Crippen molar-refractivity contribution in [2.24, 2.45) is 0 Å². The molecule has 0 spiro atoms. The Bertz CT molecular complexity index is 1230. The Hall–Kier alpha value is -3.01. The maximum atomic E-state index is 12.9. The van der Waals surface area contributed by atoms with E-state index in [-0.39, 0.29) is 23.7 Å². The van der Waals surface area contributed by atoms with Crippen molar-refractivity contribution in [1.82, 2.24) is 0 Å². The van der Waals surface area contributed by atoms with E-state index in [0.717, 1.165) is 10.8 Å². The van der Waals surface area contributed by atoms with Crippen LogP contribution in [-0.2, 0) is 19.6 Å². The Morgan fingerprint density at radius 1 is 1.07 bits per heavy atom. The molecule has 0 saturated carbocycles. The lowest BCUT2D eigenvalue weighted by atomic mass is 10.1. The molecule has 0 heterocycles. The number of hydrogen-bond acceptors (Lipinski definition) is 4. The Labute approximate surface area is 174 Å². The number of sulfonamides is 1. The molecular weight excluding hydrogens is 410 g/mol.